The third kappa shape index (κ3) is 8.91. The van der Waals surface area contributed by atoms with Gasteiger partial charge in [0.25, 0.3) is 8.32 Å². The Morgan fingerprint density at radius 3 is 1.59 bits per heavy atom. The van der Waals surface area contributed by atoms with E-state index in [4.69, 9.17) is 8.85 Å². The maximum atomic E-state index is 7.58. The highest BCUT2D eigenvalue weighted by atomic mass is 28.4. The summed E-state index contributed by atoms with van der Waals surface area (Å²) in [6.07, 6.45) is 10.1. The maximum Gasteiger partial charge on any atom is 0.261 e. The van der Waals surface area contributed by atoms with Crippen LogP contribution in [0.4, 0.5) is 0 Å². The van der Waals surface area contributed by atoms with Crippen molar-refractivity contribution in [3.8, 4) is 0 Å². The predicted octanol–water partition coefficient (Wildman–Crippen LogP) is 9.09. The van der Waals surface area contributed by atoms with Crippen LogP contribution in [0.1, 0.15) is 99.8 Å². The molecule has 208 valence electrons. The molecule has 0 bridgehead atoms. The molecule has 2 nitrogen and oxygen atoms in total. The van der Waals surface area contributed by atoms with E-state index in [1.807, 2.05) is 0 Å². The van der Waals surface area contributed by atoms with Crippen LogP contribution in [0, 0.1) is 0 Å². The van der Waals surface area contributed by atoms with Gasteiger partial charge in [0.05, 0.1) is 0 Å². The smallest absolute Gasteiger partial charge is 0.261 e. The van der Waals surface area contributed by atoms with Crippen molar-refractivity contribution in [3.63, 3.8) is 0 Å². The minimum Gasteiger partial charge on any atom is -0.417 e. The molecule has 37 heavy (non-hydrogen) atoms. The summed E-state index contributed by atoms with van der Waals surface area (Å²) in [7, 11) is -4.36. The van der Waals surface area contributed by atoms with Crippen LogP contribution in [-0.2, 0) is 8.85 Å². The third-order valence-corrected chi connectivity index (χ3v) is 18.0. The average Bonchev–Trinajstić information content (AvgIpc) is 2.83. The van der Waals surface area contributed by atoms with E-state index in [2.05, 4.69) is 122 Å². The molecule has 0 aromatic heterocycles. The highest BCUT2D eigenvalue weighted by molar-refractivity contribution is 6.99. The first-order valence-corrected chi connectivity index (χ1v) is 19.6. The lowest BCUT2D eigenvalue weighted by atomic mass is 10.1. The highest BCUT2D eigenvalue weighted by Crippen LogP contribution is 2.39. The van der Waals surface area contributed by atoms with E-state index in [9.17, 15) is 0 Å². The van der Waals surface area contributed by atoms with Gasteiger partial charge in [0, 0.05) is 12.7 Å². The van der Waals surface area contributed by atoms with Crippen LogP contribution >= 0.6 is 0 Å². The first kappa shape index (κ1) is 32.0. The molecular weight excluding hydrogens is 485 g/mol. The summed E-state index contributed by atoms with van der Waals surface area (Å²) in [5.41, 5.74) is 0. The Morgan fingerprint density at radius 2 is 1.14 bits per heavy atom. The van der Waals surface area contributed by atoms with Crippen LogP contribution in [0.2, 0.25) is 23.2 Å². The molecule has 0 saturated heterocycles. The molecule has 2 aromatic rings. The van der Waals surface area contributed by atoms with Crippen LogP contribution in [0.5, 0.6) is 0 Å². The van der Waals surface area contributed by atoms with E-state index >= 15 is 0 Å². The molecule has 0 N–H and O–H groups in total. The van der Waals surface area contributed by atoms with Gasteiger partial charge in [-0.15, -0.1) is 0 Å². The second kappa shape index (κ2) is 14.3. The number of hydrogen-bond donors (Lipinski definition) is 0. The van der Waals surface area contributed by atoms with Gasteiger partial charge in [-0.2, -0.15) is 0 Å². The first-order valence-electron chi connectivity index (χ1n) is 14.8. The van der Waals surface area contributed by atoms with Crippen molar-refractivity contribution in [3.05, 3.63) is 60.7 Å². The van der Waals surface area contributed by atoms with Crippen molar-refractivity contribution in [1.29, 1.82) is 0 Å². The van der Waals surface area contributed by atoms with Crippen LogP contribution < -0.4 is 10.4 Å². The Hall–Kier alpha value is -1.21. The van der Waals surface area contributed by atoms with Gasteiger partial charge in [0.2, 0.25) is 0 Å². The summed E-state index contributed by atoms with van der Waals surface area (Å²) in [4.78, 5) is 0. The van der Waals surface area contributed by atoms with E-state index in [1.165, 1.54) is 48.9 Å². The van der Waals surface area contributed by atoms with E-state index < -0.39 is 16.6 Å². The largest absolute Gasteiger partial charge is 0.417 e. The lowest BCUT2D eigenvalue weighted by Crippen LogP contribution is -2.67. The van der Waals surface area contributed by atoms with E-state index in [0.717, 1.165) is 19.4 Å². The van der Waals surface area contributed by atoms with Gasteiger partial charge in [-0.3, -0.25) is 0 Å². The summed E-state index contributed by atoms with van der Waals surface area (Å²) < 4.78 is 14.2. The zero-order valence-corrected chi connectivity index (χ0v) is 27.5. The molecule has 0 aliphatic heterocycles. The van der Waals surface area contributed by atoms with Crippen molar-refractivity contribution < 1.29 is 8.85 Å². The average molecular weight is 541 g/mol. The summed E-state index contributed by atoms with van der Waals surface area (Å²) in [5, 5.41) is 2.95. The molecule has 0 aliphatic rings. The Balaban J connectivity index is 2.37. The van der Waals surface area contributed by atoms with E-state index in [-0.39, 0.29) is 16.2 Å². The second-order valence-corrected chi connectivity index (χ2v) is 22.4. The van der Waals surface area contributed by atoms with Crippen LogP contribution in [0.25, 0.3) is 0 Å². The standard InChI is InChI=1S/C33H56O2Si2/c1-10-11-12-13-14-17-22-29(27-28-34-36(8,9)32(2,3)4)35-37(33(5,6)7,30-23-18-15-19-24-30)31-25-20-16-21-26-31/h15-16,18-21,23-26,29H,10-14,17,22,27-28H2,1-9H3. The fraction of sp³-hybridized carbons (Fsp3) is 0.636. The molecule has 0 aliphatic carbocycles. The topological polar surface area (TPSA) is 18.5 Å². The molecule has 0 fully saturated rings. The second-order valence-electron chi connectivity index (χ2n) is 13.4. The fourth-order valence-electron chi connectivity index (χ4n) is 5.02. The minimum atomic E-state index is -2.57. The Bertz CT molecular complexity index is 843. The zero-order valence-electron chi connectivity index (χ0n) is 25.5. The summed E-state index contributed by atoms with van der Waals surface area (Å²) >= 11 is 0. The lowest BCUT2D eigenvalue weighted by molar-refractivity contribution is 0.135. The quantitative estimate of drug-likeness (QED) is 0.166. The molecule has 0 amide bonds. The van der Waals surface area contributed by atoms with Gasteiger partial charge >= 0.3 is 0 Å². The fourth-order valence-corrected chi connectivity index (χ4v) is 10.8. The van der Waals surface area contributed by atoms with Gasteiger partial charge in [0.15, 0.2) is 8.32 Å². The predicted molar refractivity (Wildman–Crippen MR) is 168 cm³/mol. The molecule has 1 unspecified atom stereocenters. The molecule has 1 atom stereocenters. The van der Waals surface area contributed by atoms with Gasteiger partial charge in [-0.1, -0.05) is 148 Å². The summed E-state index contributed by atoms with van der Waals surface area (Å²) in [5.74, 6) is 0. The number of rotatable bonds is 15. The molecule has 4 heteroatoms. The van der Waals surface area contributed by atoms with Crippen molar-refractivity contribution in [2.24, 2.45) is 0 Å². The van der Waals surface area contributed by atoms with Crippen molar-refractivity contribution >= 4 is 27.0 Å². The van der Waals surface area contributed by atoms with Crippen molar-refractivity contribution in [1.82, 2.24) is 0 Å². The summed E-state index contributed by atoms with van der Waals surface area (Å²) in [6, 6.07) is 22.2. The van der Waals surface area contributed by atoms with Gasteiger partial charge in [-0.05, 0) is 46.4 Å². The van der Waals surface area contributed by atoms with Crippen LogP contribution in [0.3, 0.4) is 0 Å². The Morgan fingerprint density at radius 1 is 0.649 bits per heavy atom. The van der Waals surface area contributed by atoms with Crippen molar-refractivity contribution in [2.45, 2.75) is 129 Å². The molecule has 0 radical (unpaired) electrons. The van der Waals surface area contributed by atoms with Crippen LogP contribution in [0.15, 0.2) is 60.7 Å². The van der Waals surface area contributed by atoms with E-state index in [1.54, 1.807) is 0 Å². The maximum absolute atomic E-state index is 7.58. The van der Waals surface area contributed by atoms with Gasteiger partial charge in [0.1, 0.15) is 0 Å². The van der Waals surface area contributed by atoms with Gasteiger partial charge in [-0.25, -0.2) is 0 Å². The van der Waals surface area contributed by atoms with Crippen LogP contribution in [-0.4, -0.2) is 29.3 Å². The first-order chi connectivity index (χ1) is 17.3. The van der Waals surface area contributed by atoms with E-state index in [0.29, 0.717) is 0 Å². The Kier molecular flexibility index (Phi) is 12.3. The third-order valence-electron chi connectivity index (χ3n) is 8.35. The molecule has 0 heterocycles. The monoisotopic (exact) mass is 540 g/mol. The number of benzene rings is 2. The van der Waals surface area contributed by atoms with Crippen molar-refractivity contribution in [2.75, 3.05) is 6.61 Å². The summed E-state index contributed by atoms with van der Waals surface area (Å²) in [6.45, 7) is 21.9. The molecule has 2 aromatic carbocycles. The SMILES string of the molecule is CCCCCCCCC(CCO[Si](C)(C)C(C)(C)C)O[Si](c1ccccc1)(c1ccccc1)C(C)(C)C. The minimum absolute atomic E-state index is 0.00459. The lowest BCUT2D eigenvalue weighted by Gasteiger charge is -2.45. The number of unbranched alkanes of at least 4 members (excludes halogenated alkanes) is 5. The number of hydrogen-bond acceptors (Lipinski definition) is 2. The molecule has 2 rings (SSSR count). The molecule has 0 spiro atoms. The zero-order chi connectivity index (χ0) is 27.6. The molecular formula is C33H56O2Si2. The normalized spacial score (nSPS) is 14.1. The highest BCUT2D eigenvalue weighted by Gasteiger charge is 2.51. The van der Waals surface area contributed by atoms with Gasteiger partial charge < -0.3 is 8.85 Å². The Labute approximate surface area is 231 Å². The molecule has 0 saturated carbocycles.